The Hall–Kier alpha value is -2.24. The number of carboxylic acids is 1. The molecule has 1 aliphatic rings. The van der Waals surface area contributed by atoms with Crippen LogP contribution in [0.5, 0.6) is 0 Å². The molecule has 0 radical (unpaired) electrons. The number of amides is 1. The summed E-state index contributed by atoms with van der Waals surface area (Å²) in [6.45, 7) is 0. The quantitative estimate of drug-likeness (QED) is 0.879. The number of nitrogens with one attached hydrogen (secondary N) is 1. The van der Waals surface area contributed by atoms with Crippen LogP contribution in [0.25, 0.3) is 0 Å². The van der Waals surface area contributed by atoms with Gasteiger partial charge in [-0.25, -0.2) is 9.18 Å². The van der Waals surface area contributed by atoms with Crippen LogP contribution in [0.3, 0.4) is 0 Å². The maximum atomic E-state index is 13.3. The number of Topliss-reactive ketones (excluding diaryl/α,β-unsaturated/α-hetero) is 1. The minimum Gasteiger partial charge on any atom is -0.478 e. The van der Waals surface area contributed by atoms with Crippen LogP contribution in [0, 0.1) is 0 Å². The van der Waals surface area contributed by atoms with Crippen molar-refractivity contribution in [2.24, 2.45) is 0 Å². The third kappa shape index (κ3) is 3.01. The zero-order chi connectivity index (χ0) is 14.7. The summed E-state index contributed by atoms with van der Waals surface area (Å²) in [5, 5.41) is 11.6. The van der Waals surface area contributed by atoms with Crippen LogP contribution in [0.1, 0.15) is 40.0 Å². The molecule has 0 heterocycles. The Morgan fingerprint density at radius 2 is 1.90 bits per heavy atom. The van der Waals surface area contributed by atoms with E-state index in [-0.39, 0.29) is 24.0 Å². The molecule has 2 atom stereocenters. The average molecular weight is 279 g/mol. The maximum absolute atomic E-state index is 13.3. The van der Waals surface area contributed by atoms with Gasteiger partial charge in [0.15, 0.2) is 12.0 Å². The van der Waals surface area contributed by atoms with Gasteiger partial charge >= 0.3 is 5.97 Å². The van der Waals surface area contributed by atoms with Crippen molar-refractivity contribution in [3.05, 3.63) is 35.4 Å². The zero-order valence-corrected chi connectivity index (χ0v) is 10.6. The summed E-state index contributed by atoms with van der Waals surface area (Å²) < 4.78 is 13.3. The van der Waals surface area contributed by atoms with Gasteiger partial charge in [0, 0.05) is 18.9 Å². The molecule has 2 unspecified atom stereocenters. The van der Waals surface area contributed by atoms with Gasteiger partial charge in [0.2, 0.25) is 0 Å². The van der Waals surface area contributed by atoms with Crippen molar-refractivity contribution >= 4 is 17.7 Å². The van der Waals surface area contributed by atoms with Crippen LogP contribution in [-0.4, -0.2) is 35.0 Å². The number of rotatable bonds is 3. The SMILES string of the molecule is O=C(O)c1ccccc1C(=O)NC1CCC(=O)C(F)C1. The number of alkyl halides is 1. The monoisotopic (exact) mass is 279 g/mol. The van der Waals surface area contributed by atoms with Gasteiger partial charge in [-0.05, 0) is 18.6 Å². The lowest BCUT2D eigenvalue weighted by molar-refractivity contribution is -0.126. The fourth-order valence-corrected chi connectivity index (χ4v) is 2.23. The van der Waals surface area contributed by atoms with Crippen molar-refractivity contribution in [1.82, 2.24) is 5.32 Å². The van der Waals surface area contributed by atoms with Crippen molar-refractivity contribution < 1.29 is 23.9 Å². The lowest BCUT2D eigenvalue weighted by atomic mass is 9.92. The van der Waals surface area contributed by atoms with E-state index in [4.69, 9.17) is 5.11 Å². The first-order valence-corrected chi connectivity index (χ1v) is 6.29. The lowest BCUT2D eigenvalue weighted by Crippen LogP contribution is -2.42. The standard InChI is InChI=1S/C14H14FNO4/c15-11-7-8(5-6-12(11)17)16-13(18)9-3-1-2-4-10(9)14(19)20/h1-4,8,11H,5-7H2,(H,16,18)(H,19,20). The number of carbonyl (C=O) groups is 3. The molecule has 0 aliphatic heterocycles. The predicted octanol–water partition coefficient (Wildman–Crippen LogP) is 1.57. The number of hydrogen-bond donors (Lipinski definition) is 2. The second kappa shape index (κ2) is 5.81. The first-order valence-electron chi connectivity index (χ1n) is 6.29. The molecule has 106 valence electrons. The summed E-state index contributed by atoms with van der Waals surface area (Å²) in [6, 6.07) is 5.37. The number of benzene rings is 1. The molecule has 0 bridgehead atoms. The molecule has 1 aliphatic carbocycles. The fourth-order valence-electron chi connectivity index (χ4n) is 2.23. The summed E-state index contributed by atoms with van der Waals surface area (Å²) in [5.41, 5.74) is -0.0685. The number of carboxylic acid groups (broad SMARTS) is 1. The van der Waals surface area contributed by atoms with E-state index in [0.29, 0.717) is 6.42 Å². The highest BCUT2D eigenvalue weighted by molar-refractivity contribution is 6.04. The zero-order valence-electron chi connectivity index (χ0n) is 10.6. The van der Waals surface area contributed by atoms with Gasteiger partial charge in [-0.1, -0.05) is 12.1 Å². The smallest absolute Gasteiger partial charge is 0.336 e. The molecule has 0 aromatic heterocycles. The largest absolute Gasteiger partial charge is 0.478 e. The topological polar surface area (TPSA) is 83.5 Å². The summed E-state index contributed by atoms with van der Waals surface area (Å²) in [7, 11) is 0. The second-order valence-electron chi connectivity index (χ2n) is 4.73. The fraction of sp³-hybridized carbons (Fsp3) is 0.357. The van der Waals surface area contributed by atoms with Crippen molar-refractivity contribution in [2.45, 2.75) is 31.5 Å². The molecule has 20 heavy (non-hydrogen) atoms. The number of aromatic carboxylic acids is 1. The molecule has 6 heteroatoms. The third-order valence-corrected chi connectivity index (χ3v) is 3.32. The van der Waals surface area contributed by atoms with Gasteiger partial charge in [-0.15, -0.1) is 0 Å². The predicted molar refractivity (Wildman–Crippen MR) is 68.4 cm³/mol. The molecule has 1 aromatic rings. The van der Waals surface area contributed by atoms with E-state index in [0.717, 1.165) is 0 Å². The molecule has 1 saturated carbocycles. The number of hydrogen-bond acceptors (Lipinski definition) is 3. The van der Waals surface area contributed by atoms with Crippen LogP contribution in [0.4, 0.5) is 4.39 Å². The highest BCUT2D eigenvalue weighted by Gasteiger charge is 2.30. The van der Waals surface area contributed by atoms with Crippen LogP contribution in [-0.2, 0) is 4.79 Å². The Labute approximate surface area is 114 Å². The summed E-state index contributed by atoms with van der Waals surface area (Å²) in [6.07, 6.45) is -1.14. The third-order valence-electron chi connectivity index (χ3n) is 3.32. The van der Waals surface area contributed by atoms with Crippen LogP contribution < -0.4 is 5.32 Å². The van der Waals surface area contributed by atoms with E-state index >= 15 is 0 Å². The molecule has 1 amide bonds. The Kier molecular flexibility index (Phi) is 4.12. The highest BCUT2D eigenvalue weighted by Crippen LogP contribution is 2.19. The Morgan fingerprint density at radius 3 is 2.50 bits per heavy atom. The summed E-state index contributed by atoms with van der Waals surface area (Å²) >= 11 is 0. The molecule has 1 aromatic carbocycles. The van der Waals surface area contributed by atoms with E-state index in [1.54, 1.807) is 6.07 Å². The highest BCUT2D eigenvalue weighted by atomic mass is 19.1. The first kappa shape index (κ1) is 14.2. The molecule has 2 N–H and O–H groups in total. The van der Waals surface area contributed by atoms with Gasteiger partial charge < -0.3 is 10.4 Å². The van der Waals surface area contributed by atoms with Crippen molar-refractivity contribution in [3.63, 3.8) is 0 Å². The minimum absolute atomic E-state index is 0.0345. The normalized spacial score (nSPS) is 22.4. The van der Waals surface area contributed by atoms with Crippen molar-refractivity contribution in [3.8, 4) is 0 Å². The Morgan fingerprint density at radius 1 is 1.25 bits per heavy atom. The minimum atomic E-state index is -1.55. The number of ketones is 1. The Balaban J connectivity index is 2.09. The van der Waals surface area contributed by atoms with E-state index in [2.05, 4.69) is 5.32 Å². The van der Waals surface area contributed by atoms with Crippen LogP contribution in [0.2, 0.25) is 0 Å². The second-order valence-corrected chi connectivity index (χ2v) is 4.73. The number of halogens is 1. The average Bonchev–Trinajstić information content (AvgIpc) is 2.43. The molecular formula is C14H14FNO4. The van der Waals surface area contributed by atoms with Gasteiger partial charge in [-0.3, -0.25) is 9.59 Å². The van der Waals surface area contributed by atoms with Gasteiger partial charge in [-0.2, -0.15) is 0 Å². The molecular weight excluding hydrogens is 265 g/mol. The molecule has 2 rings (SSSR count). The summed E-state index contributed by atoms with van der Waals surface area (Å²) in [4.78, 5) is 34.1. The van der Waals surface area contributed by atoms with Crippen LogP contribution in [0.15, 0.2) is 24.3 Å². The molecule has 1 fully saturated rings. The lowest BCUT2D eigenvalue weighted by Gasteiger charge is -2.24. The van der Waals surface area contributed by atoms with Gasteiger partial charge in [0.1, 0.15) is 0 Å². The van der Waals surface area contributed by atoms with E-state index in [9.17, 15) is 18.8 Å². The molecule has 5 nitrogen and oxygen atoms in total. The maximum Gasteiger partial charge on any atom is 0.336 e. The molecule has 0 saturated heterocycles. The van der Waals surface area contributed by atoms with Crippen molar-refractivity contribution in [2.75, 3.05) is 0 Å². The van der Waals surface area contributed by atoms with Gasteiger partial charge in [0.25, 0.3) is 5.91 Å². The van der Waals surface area contributed by atoms with E-state index in [1.807, 2.05) is 0 Å². The van der Waals surface area contributed by atoms with Crippen LogP contribution >= 0.6 is 0 Å². The Bertz CT molecular complexity index is 558. The summed E-state index contributed by atoms with van der Waals surface area (Å²) in [5.74, 6) is -2.20. The van der Waals surface area contributed by atoms with Crippen molar-refractivity contribution in [1.29, 1.82) is 0 Å². The van der Waals surface area contributed by atoms with E-state index < -0.39 is 29.9 Å². The molecule has 0 spiro atoms. The van der Waals surface area contributed by atoms with Gasteiger partial charge in [0.05, 0.1) is 11.1 Å². The number of carbonyl (C=O) groups excluding carboxylic acids is 2. The van der Waals surface area contributed by atoms with E-state index in [1.165, 1.54) is 18.2 Å². The first-order chi connectivity index (χ1) is 9.49.